The SMILES string of the molecule is N#Cc1ccc(-n2c3ccccc3c3ccc(-c4ccc5ccc6c7ccccc7n(-c7cccc(-c8cc(-c9ccccc9)nc(-c9ccccc9)n8)c7)c6c5c4)cc32)cc1. The lowest BCUT2D eigenvalue weighted by Crippen LogP contribution is -1.98. The van der Waals surface area contributed by atoms with Crippen LogP contribution in [0, 0.1) is 11.3 Å². The first-order valence-electron chi connectivity index (χ1n) is 20.8. The average Bonchev–Trinajstić information content (AvgIpc) is 3.87. The van der Waals surface area contributed by atoms with Gasteiger partial charge in [0.25, 0.3) is 0 Å². The van der Waals surface area contributed by atoms with E-state index in [1.807, 2.05) is 60.7 Å². The van der Waals surface area contributed by atoms with Crippen LogP contribution in [0.1, 0.15) is 5.56 Å². The molecule has 12 rings (SSSR count). The molecule has 0 saturated carbocycles. The highest BCUT2D eigenvalue weighted by Crippen LogP contribution is 2.40. The van der Waals surface area contributed by atoms with E-state index in [1.54, 1.807) is 0 Å². The number of fused-ring (bicyclic) bond motifs is 8. The molecule has 5 heteroatoms. The van der Waals surface area contributed by atoms with E-state index in [4.69, 9.17) is 9.97 Å². The Kier molecular flexibility index (Phi) is 8.16. The Morgan fingerprint density at radius 3 is 1.69 bits per heavy atom. The molecule has 0 atom stereocenters. The van der Waals surface area contributed by atoms with Gasteiger partial charge in [0.05, 0.1) is 45.1 Å². The third-order valence-corrected chi connectivity index (χ3v) is 12.1. The van der Waals surface area contributed by atoms with E-state index in [1.165, 1.54) is 32.3 Å². The molecule has 0 saturated heterocycles. The number of benzene rings is 9. The molecular weight excluding hydrogens is 755 g/mol. The number of hydrogen-bond acceptors (Lipinski definition) is 3. The zero-order chi connectivity index (χ0) is 41.1. The van der Waals surface area contributed by atoms with Gasteiger partial charge in [0.15, 0.2) is 5.82 Å². The first-order valence-corrected chi connectivity index (χ1v) is 20.8. The Hall–Kier alpha value is -8.59. The lowest BCUT2D eigenvalue weighted by molar-refractivity contribution is 1.17. The summed E-state index contributed by atoms with van der Waals surface area (Å²) < 4.78 is 4.73. The molecule has 0 spiro atoms. The number of hydrogen-bond donors (Lipinski definition) is 0. The number of rotatable bonds is 6. The molecule has 0 unspecified atom stereocenters. The summed E-state index contributed by atoms with van der Waals surface area (Å²) in [5, 5.41) is 16.6. The first kappa shape index (κ1) is 35.4. The van der Waals surface area contributed by atoms with Crippen molar-refractivity contribution < 1.29 is 0 Å². The van der Waals surface area contributed by atoms with E-state index in [9.17, 15) is 5.26 Å². The number of nitriles is 1. The highest BCUT2D eigenvalue weighted by molar-refractivity contribution is 6.19. The molecule has 62 heavy (non-hydrogen) atoms. The standard InChI is InChI=1S/C57H35N5/c58-36-37-22-28-44(29-23-37)61-53-20-9-7-18-46(53)48-30-27-42(34-55(48)61)41-25-24-38-26-31-49-47-19-8-10-21-54(47)62(56(49)50(38)33-41)45-17-11-16-43(32-45)52-35-51(39-12-3-1-4-13-39)59-57(60-52)40-14-5-2-6-15-40/h1-35H. The molecule has 5 nitrogen and oxygen atoms in total. The monoisotopic (exact) mass is 789 g/mol. The second kappa shape index (κ2) is 14.3. The fraction of sp³-hybridized carbons (Fsp3) is 0. The van der Waals surface area contributed by atoms with Crippen LogP contribution in [-0.4, -0.2) is 19.1 Å². The largest absolute Gasteiger partial charge is 0.309 e. The summed E-state index contributed by atoms with van der Waals surface area (Å²) in [5.74, 6) is 0.693. The molecule has 0 fully saturated rings. The first-order chi connectivity index (χ1) is 30.7. The maximum atomic E-state index is 9.52. The molecule has 9 aromatic carbocycles. The van der Waals surface area contributed by atoms with Crippen molar-refractivity contribution in [1.82, 2.24) is 19.1 Å². The van der Waals surface area contributed by atoms with E-state index in [0.29, 0.717) is 11.4 Å². The normalized spacial score (nSPS) is 11.5. The lowest BCUT2D eigenvalue weighted by Gasteiger charge is -2.14. The smallest absolute Gasteiger partial charge is 0.160 e. The third kappa shape index (κ3) is 5.77. The van der Waals surface area contributed by atoms with E-state index in [-0.39, 0.29) is 0 Å². The van der Waals surface area contributed by atoms with Gasteiger partial charge in [-0.3, -0.25) is 0 Å². The molecule has 12 aromatic rings. The van der Waals surface area contributed by atoms with Crippen LogP contribution in [0.2, 0.25) is 0 Å². The van der Waals surface area contributed by atoms with E-state index in [0.717, 1.165) is 72.6 Å². The van der Waals surface area contributed by atoms with E-state index < -0.39 is 0 Å². The molecule has 0 amide bonds. The van der Waals surface area contributed by atoms with Crippen LogP contribution in [0.3, 0.4) is 0 Å². The lowest BCUT2D eigenvalue weighted by atomic mass is 9.98. The molecule has 0 bridgehead atoms. The average molecular weight is 790 g/mol. The van der Waals surface area contributed by atoms with Crippen LogP contribution < -0.4 is 0 Å². The van der Waals surface area contributed by atoms with Gasteiger partial charge in [0, 0.05) is 55.0 Å². The van der Waals surface area contributed by atoms with Gasteiger partial charge >= 0.3 is 0 Å². The molecule has 0 aliphatic carbocycles. The van der Waals surface area contributed by atoms with Gasteiger partial charge in [-0.15, -0.1) is 0 Å². The van der Waals surface area contributed by atoms with Crippen molar-refractivity contribution in [1.29, 1.82) is 5.26 Å². The number of para-hydroxylation sites is 2. The molecule has 288 valence electrons. The third-order valence-electron chi connectivity index (χ3n) is 12.1. The van der Waals surface area contributed by atoms with Crippen LogP contribution in [0.4, 0.5) is 0 Å². The Balaban J connectivity index is 1.05. The van der Waals surface area contributed by atoms with Crippen molar-refractivity contribution in [2.24, 2.45) is 0 Å². The molecule has 0 aliphatic heterocycles. The number of aromatic nitrogens is 4. The zero-order valence-electron chi connectivity index (χ0n) is 33.4. The maximum Gasteiger partial charge on any atom is 0.160 e. The van der Waals surface area contributed by atoms with Crippen LogP contribution in [0.25, 0.3) is 111 Å². The minimum Gasteiger partial charge on any atom is -0.309 e. The van der Waals surface area contributed by atoms with Crippen LogP contribution in [0.15, 0.2) is 212 Å². The van der Waals surface area contributed by atoms with Gasteiger partial charge in [-0.25, -0.2) is 9.97 Å². The number of nitrogens with zero attached hydrogens (tertiary/aromatic N) is 5. The topological polar surface area (TPSA) is 59.4 Å². The minimum atomic E-state index is 0.644. The van der Waals surface area contributed by atoms with Crippen molar-refractivity contribution in [3.63, 3.8) is 0 Å². The van der Waals surface area contributed by atoms with Gasteiger partial charge < -0.3 is 9.13 Å². The van der Waals surface area contributed by atoms with Crippen molar-refractivity contribution in [2.75, 3.05) is 0 Å². The summed E-state index contributed by atoms with van der Waals surface area (Å²) in [5.41, 5.74) is 14.3. The van der Waals surface area contributed by atoms with E-state index >= 15 is 0 Å². The Morgan fingerprint density at radius 2 is 0.935 bits per heavy atom. The second-order valence-corrected chi connectivity index (χ2v) is 15.7. The summed E-state index contributed by atoms with van der Waals surface area (Å²) in [6.45, 7) is 0. The van der Waals surface area contributed by atoms with Gasteiger partial charge in [-0.1, -0.05) is 146 Å². The maximum absolute atomic E-state index is 9.52. The van der Waals surface area contributed by atoms with E-state index in [2.05, 4.69) is 167 Å². The van der Waals surface area contributed by atoms with Crippen molar-refractivity contribution in [3.8, 4) is 62.5 Å². The Labute approximate surface area is 357 Å². The molecule has 0 radical (unpaired) electrons. The molecule has 3 heterocycles. The van der Waals surface area contributed by atoms with Crippen LogP contribution in [-0.2, 0) is 0 Å². The van der Waals surface area contributed by atoms with Gasteiger partial charge in [0.2, 0.25) is 0 Å². The highest BCUT2D eigenvalue weighted by Gasteiger charge is 2.19. The highest BCUT2D eigenvalue weighted by atomic mass is 15.0. The summed E-state index contributed by atoms with van der Waals surface area (Å²) >= 11 is 0. The van der Waals surface area contributed by atoms with Crippen molar-refractivity contribution in [2.45, 2.75) is 0 Å². The molecule has 0 aliphatic rings. The molecule has 0 N–H and O–H groups in total. The molecule has 3 aromatic heterocycles. The van der Waals surface area contributed by atoms with Gasteiger partial charge in [-0.05, 0) is 83.2 Å². The summed E-state index contributed by atoms with van der Waals surface area (Å²) in [4.78, 5) is 10.2. The van der Waals surface area contributed by atoms with Gasteiger partial charge in [0.1, 0.15) is 0 Å². The van der Waals surface area contributed by atoms with Gasteiger partial charge in [-0.2, -0.15) is 5.26 Å². The van der Waals surface area contributed by atoms with Crippen molar-refractivity contribution in [3.05, 3.63) is 218 Å². The summed E-state index contributed by atoms with van der Waals surface area (Å²) in [6.07, 6.45) is 0. The van der Waals surface area contributed by atoms with Crippen molar-refractivity contribution >= 4 is 54.4 Å². The molecular formula is C57H35N5. The van der Waals surface area contributed by atoms with Crippen LogP contribution in [0.5, 0.6) is 0 Å². The van der Waals surface area contributed by atoms with Crippen LogP contribution >= 0.6 is 0 Å². The zero-order valence-corrected chi connectivity index (χ0v) is 33.4. The summed E-state index contributed by atoms with van der Waals surface area (Å²) in [6, 6.07) is 76.9. The summed E-state index contributed by atoms with van der Waals surface area (Å²) in [7, 11) is 0. The fourth-order valence-corrected chi connectivity index (χ4v) is 9.21. The predicted octanol–water partition coefficient (Wildman–Crippen LogP) is 14.4. The Morgan fingerprint density at radius 1 is 0.355 bits per heavy atom. The minimum absolute atomic E-state index is 0.644. The second-order valence-electron chi connectivity index (χ2n) is 15.7. The quantitative estimate of drug-likeness (QED) is 0.169. The Bertz CT molecular complexity index is 3680. The fourth-order valence-electron chi connectivity index (χ4n) is 9.21. The predicted molar refractivity (Wildman–Crippen MR) is 255 cm³/mol.